The van der Waals surface area contributed by atoms with E-state index >= 15 is 0 Å². The maximum Gasteiger partial charge on any atom is 0.348 e. The number of nitrogens with zero attached hydrogens (tertiary/aromatic N) is 2. The third-order valence-electron chi connectivity index (χ3n) is 7.60. The Morgan fingerprint density at radius 2 is 1.62 bits per heavy atom. The van der Waals surface area contributed by atoms with Gasteiger partial charge in [-0.15, -0.1) is 11.3 Å². The number of benzene rings is 2. The third-order valence-corrected chi connectivity index (χ3v) is 8.76. The van der Waals surface area contributed by atoms with Crippen molar-refractivity contribution >= 4 is 34.8 Å². The molecule has 2 aliphatic rings. The average molecular weight is 563 g/mol. The standard InChI is InChI=1S/C31H34N2O6S/c1-21-7-9-23(10-8-21)30(35)33(20-28(34)32-15-17-38-18-16-32)26-19-27(40-29(26)31(36)37)22-11-13-25(14-12-22)39-24-5-3-2-4-6-24/h2-6,11-14,19,21,23H,7-10,15-18,20H2,1H3,(H,36,37)/t21-,23-. The van der Waals surface area contributed by atoms with Crippen LogP contribution in [0, 0.1) is 11.8 Å². The minimum absolute atomic E-state index is 0.0481. The molecular weight excluding hydrogens is 528 g/mol. The summed E-state index contributed by atoms with van der Waals surface area (Å²) in [6, 6.07) is 18.6. The topological polar surface area (TPSA) is 96.4 Å². The van der Waals surface area contributed by atoms with Crippen molar-refractivity contribution in [2.24, 2.45) is 11.8 Å². The summed E-state index contributed by atoms with van der Waals surface area (Å²) >= 11 is 1.11. The highest BCUT2D eigenvalue weighted by Crippen LogP contribution is 2.39. The molecule has 1 aromatic heterocycles. The highest BCUT2D eigenvalue weighted by Gasteiger charge is 2.34. The van der Waals surface area contributed by atoms with Gasteiger partial charge in [-0.05, 0) is 79.6 Å². The summed E-state index contributed by atoms with van der Waals surface area (Å²) < 4.78 is 11.3. The van der Waals surface area contributed by atoms with Crippen LogP contribution >= 0.6 is 11.3 Å². The minimum atomic E-state index is -1.12. The molecule has 9 heteroatoms. The molecule has 2 amide bonds. The maximum atomic E-state index is 13.9. The molecule has 2 heterocycles. The number of para-hydroxylation sites is 1. The van der Waals surface area contributed by atoms with Gasteiger partial charge in [-0.2, -0.15) is 0 Å². The number of ether oxygens (including phenoxy) is 2. The molecule has 2 fully saturated rings. The Morgan fingerprint density at radius 1 is 0.975 bits per heavy atom. The zero-order valence-corrected chi connectivity index (χ0v) is 23.4. The molecule has 1 N–H and O–H groups in total. The average Bonchev–Trinajstić information content (AvgIpc) is 3.43. The van der Waals surface area contributed by atoms with E-state index in [4.69, 9.17) is 9.47 Å². The van der Waals surface area contributed by atoms with Crippen molar-refractivity contribution in [2.45, 2.75) is 32.6 Å². The van der Waals surface area contributed by atoms with Crippen molar-refractivity contribution in [3.05, 3.63) is 65.5 Å². The van der Waals surface area contributed by atoms with Gasteiger partial charge < -0.3 is 24.4 Å². The second kappa shape index (κ2) is 12.7. The molecule has 210 valence electrons. The van der Waals surface area contributed by atoms with E-state index in [0.717, 1.165) is 48.3 Å². The largest absolute Gasteiger partial charge is 0.477 e. The summed E-state index contributed by atoms with van der Waals surface area (Å²) in [6.07, 6.45) is 3.37. The van der Waals surface area contributed by atoms with Crippen molar-refractivity contribution in [1.82, 2.24) is 4.90 Å². The van der Waals surface area contributed by atoms with Gasteiger partial charge in [0.1, 0.15) is 22.9 Å². The van der Waals surface area contributed by atoms with Crippen LogP contribution in [-0.2, 0) is 14.3 Å². The number of hydrogen-bond acceptors (Lipinski definition) is 6. The Morgan fingerprint density at radius 3 is 2.27 bits per heavy atom. The maximum absolute atomic E-state index is 13.9. The molecule has 40 heavy (non-hydrogen) atoms. The van der Waals surface area contributed by atoms with Gasteiger partial charge in [0, 0.05) is 23.9 Å². The van der Waals surface area contributed by atoms with Crippen LogP contribution in [0.3, 0.4) is 0 Å². The normalized spacial score (nSPS) is 19.2. The molecule has 1 saturated carbocycles. The molecule has 0 spiro atoms. The summed E-state index contributed by atoms with van der Waals surface area (Å²) in [5, 5.41) is 10.1. The fraction of sp³-hybridized carbons (Fsp3) is 0.387. The van der Waals surface area contributed by atoms with Crippen LogP contribution < -0.4 is 9.64 Å². The summed E-state index contributed by atoms with van der Waals surface area (Å²) in [6.45, 7) is 3.82. The smallest absolute Gasteiger partial charge is 0.348 e. The molecule has 2 aromatic carbocycles. The lowest BCUT2D eigenvalue weighted by Crippen LogP contribution is -2.48. The van der Waals surface area contributed by atoms with Gasteiger partial charge in [0.15, 0.2) is 0 Å². The number of rotatable bonds is 8. The Labute approximate surface area is 238 Å². The monoisotopic (exact) mass is 562 g/mol. The van der Waals surface area contributed by atoms with Crippen LogP contribution in [0.5, 0.6) is 11.5 Å². The number of aromatic carboxylic acids is 1. The SMILES string of the molecule is C[C@H]1CC[C@H](C(=O)N(CC(=O)N2CCOCC2)c2cc(-c3ccc(Oc4ccccc4)cc3)sc2C(=O)O)CC1. The van der Waals surface area contributed by atoms with Gasteiger partial charge >= 0.3 is 5.97 Å². The van der Waals surface area contributed by atoms with E-state index in [-0.39, 0.29) is 34.8 Å². The quantitative estimate of drug-likeness (QED) is 0.366. The van der Waals surface area contributed by atoms with Gasteiger partial charge in [0.2, 0.25) is 11.8 Å². The number of anilines is 1. The Bertz CT molecular complexity index is 1330. The first-order chi connectivity index (χ1) is 19.4. The highest BCUT2D eigenvalue weighted by molar-refractivity contribution is 7.18. The van der Waals surface area contributed by atoms with Crippen molar-refractivity contribution in [2.75, 3.05) is 37.7 Å². The first-order valence-corrected chi connectivity index (χ1v) is 14.6. The van der Waals surface area contributed by atoms with Crippen molar-refractivity contribution in [3.63, 3.8) is 0 Å². The van der Waals surface area contributed by atoms with E-state index < -0.39 is 5.97 Å². The van der Waals surface area contributed by atoms with Gasteiger partial charge in [-0.3, -0.25) is 9.59 Å². The number of hydrogen-bond donors (Lipinski definition) is 1. The molecule has 1 saturated heterocycles. The molecule has 0 unspecified atom stereocenters. The molecule has 1 aliphatic heterocycles. The van der Waals surface area contributed by atoms with Crippen molar-refractivity contribution < 1.29 is 29.0 Å². The Balaban J connectivity index is 1.44. The predicted molar refractivity (Wildman–Crippen MR) is 154 cm³/mol. The second-order valence-electron chi connectivity index (χ2n) is 10.4. The molecule has 1 aliphatic carbocycles. The van der Waals surface area contributed by atoms with E-state index in [9.17, 15) is 19.5 Å². The molecule has 3 aromatic rings. The lowest BCUT2D eigenvalue weighted by molar-refractivity contribution is -0.135. The second-order valence-corrected chi connectivity index (χ2v) is 11.5. The van der Waals surface area contributed by atoms with Crippen LogP contribution in [0.25, 0.3) is 10.4 Å². The molecule has 0 radical (unpaired) electrons. The van der Waals surface area contributed by atoms with Gasteiger partial charge in [-0.1, -0.05) is 25.1 Å². The van der Waals surface area contributed by atoms with E-state index in [1.165, 1.54) is 4.90 Å². The fourth-order valence-corrected chi connectivity index (χ4v) is 6.25. The number of carbonyl (C=O) groups is 3. The summed E-state index contributed by atoms with van der Waals surface area (Å²) in [5.74, 6) is 0.211. The van der Waals surface area contributed by atoms with E-state index in [2.05, 4.69) is 6.92 Å². The van der Waals surface area contributed by atoms with E-state index in [1.807, 2.05) is 54.6 Å². The number of thiophene rings is 1. The van der Waals surface area contributed by atoms with Crippen LogP contribution in [0.2, 0.25) is 0 Å². The van der Waals surface area contributed by atoms with E-state index in [1.54, 1.807) is 11.0 Å². The summed E-state index contributed by atoms with van der Waals surface area (Å²) in [5.41, 5.74) is 1.08. The zero-order chi connectivity index (χ0) is 28.1. The van der Waals surface area contributed by atoms with Crippen LogP contribution in [0.15, 0.2) is 60.7 Å². The lowest BCUT2D eigenvalue weighted by Gasteiger charge is -2.33. The molecule has 8 nitrogen and oxygen atoms in total. The first-order valence-electron chi connectivity index (χ1n) is 13.8. The van der Waals surface area contributed by atoms with Gasteiger partial charge in [0.25, 0.3) is 0 Å². The summed E-state index contributed by atoms with van der Waals surface area (Å²) in [7, 11) is 0. The number of carbonyl (C=O) groups excluding carboxylic acids is 2. The molecule has 0 atom stereocenters. The molecule has 5 rings (SSSR count). The number of morpholine rings is 1. The Kier molecular flexibility index (Phi) is 8.81. The number of carboxylic acids is 1. The van der Waals surface area contributed by atoms with Crippen LogP contribution in [0.1, 0.15) is 42.3 Å². The van der Waals surface area contributed by atoms with Gasteiger partial charge in [-0.25, -0.2) is 4.79 Å². The minimum Gasteiger partial charge on any atom is -0.477 e. The molecular formula is C31H34N2O6S. The fourth-order valence-electron chi connectivity index (χ4n) is 5.25. The van der Waals surface area contributed by atoms with Crippen molar-refractivity contribution in [1.29, 1.82) is 0 Å². The van der Waals surface area contributed by atoms with Crippen LogP contribution in [0.4, 0.5) is 5.69 Å². The third kappa shape index (κ3) is 6.54. The lowest BCUT2D eigenvalue weighted by atomic mass is 9.82. The van der Waals surface area contributed by atoms with Crippen molar-refractivity contribution in [3.8, 4) is 21.9 Å². The zero-order valence-electron chi connectivity index (χ0n) is 22.6. The number of amides is 2. The van der Waals surface area contributed by atoms with Crippen LogP contribution in [-0.4, -0.2) is 60.6 Å². The van der Waals surface area contributed by atoms with Gasteiger partial charge in [0.05, 0.1) is 18.9 Å². The predicted octanol–water partition coefficient (Wildman–Crippen LogP) is 5.92. The number of carboxylic acid groups (broad SMARTS) is 1. The summed E-state index contributed by atoms with van der Waals surface area (Å²) in [4.78, 5) is 43.4. The van der Waals surface area contributed by atoms with E-state index in [0.29, 0.717) is 42.8 Å². The molecule has 0 bridgehead atoms. The Hall–Kier alpha value is -3.69. The highest BCUT2D eigenvalue weighted by atomic mass is 32.1. The first kappa shape index (κ1) is 27.9.